The number of benzene rings is 1. The number of hydrogen-bond acceptors (Lipinski definition) is 2. The van der Waals surface area contributed by atoms with Crippen molar-refractivity contribution in [2.45, 2.75) is 25.4 Å². The highest BCUT2D eigenvalue weighted by atomic mass is 19.2. The number of carbonyl (C=O) groups excluding carboxylic acids is 1. The number of hydrogen-bond donors (Lipinski definition) is 1. The molecule has 1 aromatic carbocycles. The third kappa shape index (κ3) is 2.85. The second kappa shape index (κ2) is 5.44. The summed E-state index contributed by atoms with van der Waals surface area (Å²) in [5, 5.41) is 9.47. The van der Waals surface area contributed by atoms with Crippen molar-refractivity contribution in [2.24, 2.45) is 0 Å². The Morgan fingerprint density at radius 3 is 2.94 bits per heavy atom. The molecule has 0 radical (unpaired) electrons. The van der Waals surface area contributed by atoms with E-state index >= 15 is 0 Å². The van der Waals surface area contributed by atoms with Crippen molar-refractivity contribution < 1.29 is 18.7 Å². The Labute approximate surface area is 104 Å². The van der Waals surface area contributed by atoms with Gasteiger partial charge in [-0.2, -0.15) is 0 Å². The average Bonchev–Trinajstić information content (AvgIpc) is 2.35. The first-order chi connectivity index (χ1) is 8.58. The summed E-state index contributed by atoms with van der Waals surface area (Å²) in [5.74, 6) is -2.19. The molecule has 1 amide bonds. The van der Waals surface area contributed by atoms with E-state index in [1.54, 1.807) is 0 Å². The fourth-order valence-electron chi connectivity index (χ4n) is 2.14. The molecular weight excluding hydrogens is 240 g/mol. The number of β-amino-alcohol motifs (C(OH)–C–C–N with tert-alkyl or cyclic N) is 1. The Balaban J connectivity index is 2.04. The molecule has 2 rings (SSSR count). The molecule has 3 nitrogen and oxygen atoms in total. The zero-order valence-corrected chi connectivity index (χ0v) is 9.90. The summed E-state index contributed by atoms with van der Waals surface area (Å²) in [6, 6.07) is 3.80. The molecule has 5 heteroatoms. The highest BCUT2D eigenvalue weighted by Crippen LogP contribution is 2.15. The van der Waals surface area contributed by atoms with Crippen molar-refractivity contribution in [3.63, 3.8) is 0 Å². The van der Waals surface area contributed by atoms with Crippen LogP contribution in [0.1, 0.15) is 18.4 Å². The van der Waals surface area contributed by atoms with Gasteiger partial charge < -0.3 is 10.0 Å². The fraction of sp³-hybridized carbons (Fsp3) is 0.462. The minimum atomic E-state index is -0.969. The van der Waals surface area contributed by atoms with Crippen LogP contribution in [0.25, 0.3) is 0 Å². The first-order valence-electron chi connectivity index (χ1n) is 5.96. The van der Waals surface area contributed by atoms with Crippen molar-refractivity contribution in [1.29, 1.82) is 0 Å². The minimum absolute atomic E-state index is 0.0556. The second-order valence-corrected chi connectivity index (χ2v) is 4.53. The molecule has 98 valence electrons. The summed E-state index contributed by atoms with van der Waals surface area (Å²) in [5.41, 5.74) is 0.0556. The van der Waals surface area contributed by atoms with Crippen LogP contribution in [0, 0.1) is 11.6 Å². The quantitative estimate of drug-likeness (QED) is 0.869. The SMILES string of the molecule is O=C(Cc1cccc(F)c1F)N1CCC[C@H](O)C1. The fourth-order valence-corrected chi connectivity index (χ4v) is 2.14. The summed E-state index contributed by atoms with van der Waals surface area (Å²) < 4.78 is 26.4. The number of amides is 1. The molecule has 0 bridgehead atoms. The zero-order chi connectivity index (χ0) is 13.1. The summed E-state index contributed by atoms with van der Waals surface area (Å²) in [6.07, 6.45) is 0.729. The Bertz CT molecular complexity index is 451. The lowest BCUT2D eigenvalue weighted by atomic mass is 10.1. The maximum absolute atomic E-state index is 13.4. The van der Waals surface area contributed by atoms with Gasteiger partial charge in [0, 0.05) is 18.7 Å². The second-order valence-electron chi connectivity index (χ2n) is 4.53. The van der Waals surface area contributed by atoms with Gasteiger partial charge in [-0.3, -0.25) is 4.79 Å². The molecule has 1 aliphatic heterocycles. The van der Waals surface area contributed by atoms with Crippen LogP contribution >= 0.6 is 0 Å². The molecule has 1 N–H and O–H groups in total. The molecule has 1 aliphatic rings. The van der Waals surface area contributed by atoms with E-state index in [4.69, 9.17) is 0 Å². The summed E-state index contributed by atoms with van der Waals surface area (Å²) in [4.78, 5) is 13.4. The van der Waals surface area contributed by atoms with Crippen LogP contribution in [0.15, 0.2) is 18.2 Å². The first kappa shape index (κ1) is 13.0. The number of carbonyl (C=O) groups is 1. The molecule has 1 fully saturated rings. The molecule has 0 saturated carbocycles. The van der Waals surface area contributed by atoms with E-state index in [9.17, 15) is 18.7 Å². The number of aliphatic hydroxyl groups is 1. The zero-order valence-electron chi connectivity index (χ0n) is 9.90. The predicted octanol–water partition coefficient (Wildman–Crippen LogP) is 1.49. The van der Waals surface area contributed by atoms with Crippen LogP contribution in [0.3, 0.4) is 0 Å². The summed E-state index contributed by atoms with van der Waals surface area (Å²) in [7, 11) is 0. The normalized spacial score (nSPS) is 19.9. The maximum atomic E-state index is 13.4. The van der Waals surface area contributed by atoms with Crippen molar-refractivity contribution in [3.05, 3.63) is 35.4 Å². The monoisotopic (exact) mass is 255 g/mol. The van der Waals surface area contributed by atoms with Gasteiger partial charge in [-0.15, -0.1) is 0 Å². The molecule has 1 saturated heterocycles. The van der Waals surface area contributed by atoms with Crippen LogP contribution in [0.2, 0.25) is 0 Å². The van der Waals surface area contributed by atoms with Gasteiger partial charge in [0.05, 0.1) is 12.5 Å². The number of rotatable bonds is 2. The molecule has 0 spiro atoms. The molecular formula is C13H15F2NO2. The minimum Gasteiger partial charge on any atom is -0.391 e. The molecule has 0 aromatic heterocycles. The van der Waals surface area contributed by atoms with Crippen molar-refractivity contribution in [3.8, 4) is 0 Å². The smallest absolute Gasteiger partial charge is 0.227 e. The molecule has 1 atom stereocenters. The number of nitrogens with zero attached hydrogens (tertiary/aromatic N) is 1. The van der Waals surface area contributed by atoms with Gasteiger partial charge in [-0.05, 0) is 18.9 Å². The lowest BCUT2D eigenvalue weighted by Crippen LogP contribution is -2.42. The van der Waals surface area contributed by atoms with E-state index in [1.165, 1.54) is 17.0 Å². The predicted molar refractivity (Wildman–Crippen MR) is 61.9 cm³/mol. The number of likely N-dealkylation sites (tertiary alicyclic amines) is 1. The van der Waals surface area contributed by atoms with Gasteiger partial charge in [0.2, 0.25) is 5.91 Å². The molecule has 0 unspecified atom stereocenters. The van der Waals surface area contributed by atoms with Crippen LogP contribution in [0.5, 0.6) is 0 Å². The van der Waals surface area contributed by atoms with E-state index in [1.807, 2.05) is 0 Å². The Morgan fingerprint density at radius 1 is 1.44 bits per heavy atom. The average molecular weight is 255 g/mol. The van der Waals surface area contributed by atoms with Crippen LogP contribution in [-0.4, -0.2) is 35.1 Å². The van der Waals surface area contributed by atoms with Gasteiger partial charge in [0.15, 0.2) is 11.6 Å². The lowest BCUT2D eigenvalue weighted by molar-refractivity contribution is -0.133. The Hall–Kier alpha value is -1.49. The highest BCUT2D eigenvalue weighted by Gasteiger charge is 2.23. The molecule has 1 heterocycles. The van der Waals surface area contributed by atoms with Crippen LogP contribution < -0.4 is 0 Å². The van der Waals surface area contributed by atoms with Gasteiger partial charge in [0.1, 0.15) is 0 Å². The van der Waals surface area contributed by atoms with E-state index in [2.05, 4.69) is 0 Å². The van der Waals surface area contributed by atoms with Crippen molar-refractivity contribution in [2.75, 3.05) is 13.1 Å². The Morgan fingerprint density at radius 2 is 2.22 bits per heavy atom. The first-order valence-corrected chi connectivity index (χ1v) is 5.96. The summed E-state index contributed by atoms with van der Waals surface area (Å²) in [6.45, 7) is 0.836. The van der Waals surface area contributed by atoms with Crippen LogP contribution in [0.4, 0.5) is 8.78 Å². The summed E-state index contributed by atoms with van der Waals surface area (Å²) >= 11 is 0. The van der Waals surface area contributed by atoms with E-state index < -0.39 is 17.7 Å². The number of piperidine rings is 1. The van der Waals surface area contributed by atoms with E-state index in [0.29, 0.717) is 13.0 Å². The van der Waals surface area contributed by atoms with Crippen LogP contribution in [-0.2, 0) is 11.2 Å². The number of halogens is 2. The topological polar surface area (TPSA) is 40.5 Å². The number of aliphatic hydroxyl groups excluding tert-OH is 1. The van der Waals surface area contributed by atoms with Crippen molar-refractivity contribution in [1.82, 2.24) is 4.90 Å². The van der Waals surface area contributed by atoms with Gasteiger partial charge in [-0.1, -0.05) is 12.1 Å². The van der Waals surface area contributed by atoms with E-state index in [0.717, 1.165) is 12.5 Å². The van der Waals surface area contributed by atoms with E-state index in [-0.39, 0.29) is 24.4 Å². The Kier molecular flexibility index (Phi) is 3.91. The van der Waals surface area contributed by atoms with Gasteiger partial charge >= 0.3 is 0 Å². The van der Waals surface area contributed by atoms with Gasteiger partial charge in [-0.25, -0.2) is 8.78 Å². The highest BCUT2D eigenvalue weighted by molar-refractivity contribution is 5.79. The standard InChI is InChI=1S/C13H15F2NO2/c14-11-5-1-3-9(13(11)15)7-12(18)16-6-2-4-10(17)8-16/h1,3,5,10,17H,2,4,6-8H2/t10-/m0/s1. The van der Waals surface area contributed by atoms with Crippen molar-refractivity contribution >= 4 is 5.91 Å². The largest absolute Gasteiger partial charge is 0.391 e. The molecule has 1 aromatic rings. The third-order valence-corrected chi connectivity index (χ3v) is 3.12. The maximum Gasteiger partial charge on any atom is 0.227 e. The molecule has 18 heavy (non-hydrogen) atoms. The lowest BCUT2D eigenvalue weighted by Gasteiger charge is -2.30. The van der Waals surface area contributed by atoms with Gasteiger partial charge in [0.25, 0.3) is 0 Å². The molecule has 0 aliphatic carbocycles. The third-order valence-electron chi connectivity index (χ3n) is 3.12.